The summed E-state index contributed by atoms with van der Waals surface area (Å²) in [5.74, 6) is -0.125. The van der Waals surface area contributed by atoms with Crippen molar-refractivity contribution in [3.8, 4) is 0 Å². The summed E-state index contributed by atoms with van der Waals surface area (Å²) in [4.78, 5) is 0. The highest BCUT2D eigenvalue weighted by molar-refractivity contribution is 5.30. The molecule has 0 aromatic carbocycles. The fourth-order valence-electron chi connectivity index (χ4n) is 5.47. The molecule has 0 aromatic rings. The van der Waals surface area contributed by atoms with E-state index >= 15 is 4.39 Å². The molecule has 3 aliphatic carbocycles. The van der Waals surface area contributed by atoms with E-state index in [0.717, 1.165) is 24.7 Å². The van der Waals surface area contributed by atoms with Crippen LogP contribution in [0.4, 0.5) is 13.2 Å². The summed E-state index contributed by atoms with van der Waals surface area (Å²) in [7, 11) is 0. The molecule has 2 saturated carbocycles. The summed E-state index contributed by atoms with van der Waals surface area (Å²) in [5.41, 5.74) is -2.19. The molecule has 3 heteroatoms. The Bertz CT molecular complexity index is 493. The Morgan fingerprint density at radius 3 is 2.16 bits per heavy atom. The average molecular weight is 355 g/mol. The van der Waals surface area contributed by atoms with Crippen molar-refractivity contribution < 1.29 is 13.2 Å². The highest BCUT2D eigenvalue weighted by Gasteiger charge is 2.46. The Balaban J connectivity index is 1.50. The third kappa shape index (κ3) is 4.17. The predicted octanol–water partition coefficient (Wildman–Crippen LogP) is 7.61. The molecular weight excluding hydrogens is 321 g/mol. The molecular formula is C22H33F3. The van der Waals surface area contributed by atoms with Gasteiger partial charge < -0.3 is 0 Å². The largest absolute Gasteiger partial charge is 0.231 e. The van der Waals surface area contributed by atoms with Gasteiger partial charge in [0.2, 0.25) is 0 Å². The number of halogens is 3. The Labute approximate surface area is 151 Å². The van der Waals surface area contributed by atoms with Crippen LogP contribution in [0.2, 0.25) is 0 Å². The number of allylic oxidation sites excluding steroid dienone is 4. The highest BCUT2D eigenvalue weighted by atomic mass is 19.2. The predicted molar refractivity (Wildman–Crippen MR) is 97.3 cm³/mol. The molecule has 1 atom stereocenters. The van der Waals surface area contributed by atoms with Gasteiger partial charge in [-0.15, -0.1) is 0 Å². The minimum Gasteiger partial charge on any atom is -0.231 e. The van der Waals surface area contributed by atoms with Crippen molar-refractivity contribution in [2.75, 3.05) is 0 Å². The van der Waals surface area contributed by atoms with Crippen molar-refractivity contribution in [2.24, 2.45) is 23.7 Å². The molecule has 0 radical (unpaired) electrons. The van der Waals surface area contributed by atoms with Gasteiger partial charge in [-0.25, -0.2) is 13.2 Å². The minimum absolute atomic E-state index is 0.103. The zero-order valence-electron chi connectivity index (χ0n) is 15.6. The molecule has 0 amide bonds. The lowest BCUT2D eigenvalue weighted by Crippen LogP contribution is -2.37. The number of alkyl halides is 1. The first-order chi connectivity index (χ1) is 12.0. The summed E-state index contributed by atoms with van der Waals surface area (Å²) >= 11 is 0. The SMILES string of the molecule is CCCCC1CCC(C2CCC(C3(F)C=CCC(F)=C3F)CC2)CC1. The quantitative estimate of drug-likeness (QED) is 0.446. The van der Waals surface area contributed by atoms with Crippen LogP contribution in [0, 0.1) is 23.7 Å². The van der Waals surface area contributed by atoms with Crippen LogP contribution in [0.3, 0.4) is 0 Å². The first kappa shape index (κ1) is 19.0. The maximum Gasteiger partial charge on any atom is 0.185 e. The van der Waals surface area contributed by atoms with Crippen LogP contribution in [0.15, 0.2) is 23.8 Å². The van der Waals surface area contributed by atoms with Crippen molar-refractivity contribution in [1.29, 1.82) is 0 Å². The van der Waals surface area contributed by atoms with E-state index in [1.807, 2.05) is 0 Å². The molecule has 0 heterocycles. The summed E-state index contributed by atoms with van der Waals surface area (Å²) in [5, 5.41) is 0. The number of hydrogen-bond donors (Lipinski definition) is 0. The van der Waals surface area contributed by atoms with Crippen LogP contribution < -0.4 is 0 Å². The van der Waals surface area contributed by atoms with Gasteiger partial charge in [0.15, 0.2) is 11.5 Å². The lowest BCUT2D eigenvalue weighted by atomic mass is 9.66. The van der Waals surface area contributed by atoms with Crippen molar-refractivity contribution in [3.05, 3.63) is 23.8 Å². The third-order valence-corrected chi connectivity index (χ3v) is 7.12. The van der Waals surface area contributed by atoms with Crippen LogP contribution in [-0.4, -0.2) is 5.67 Å². The van der Waals surface area contributed by atoms with E-state index in [2.05, 4.69) is 6.92 Å². The zero-order valence-corrected chi connectivity index (χ0v) is 15.6. The van der Waals surface area contributed by atoms with Crippen LogP contribution in [0.25, 0.3) is 0 Å². The summed E-state index contributed by atoms with van der Waals surface area (Å²) in [6.45, 7) is 2.26. The maximum atomic E-state index is 15.1. The van der Waals surface area contributed by atoms with Crippen LogP contribution in [0.5, 0.6) is 0 Å². The normalized spacial score (nSPS) is 39.7. The van der Waals surface area contributed by atoms with Crippen LogP contribution in [0.1, 0.15) is 84.0 Å². The van der Waals surface area contributed by atoms with Gasteiger partial charge in [0, 0.05) is 12.3 Å². The van der Waals surface area contributed by atoms with E-state index in [1.54, 1.807) is 0 Å². The standard InChI is InChI=1S/C22H33F3/c1-2-3-5-16-7-9-17(10-8-16)18-11-13-19(14-12-18)22(25)15-4-6-20(23)21(22)24/h4,15-19H,2-3,5-14H2,1H3. The van der Waals surface area contributed by atoms with Crippen LogP contribution >= 0.6 is 0 Å². The number of unbranched alkanes of at least 4 members (excludes halogenated alkanes) is 1. The summed E-state index contributed by atoms with van der Waals surface area (Å²) in [6.07, 6.45) is 15.3. The van der Waals surface area contributed by atoms with Crippen molar-refractivity contribution in [1.82, 2.24) is 0 Å². The molecule has 3 aliphatic rings. The minimum atomic E-state index is -2.19. The van der Waals surface area contributed by atoms with Gasteiger partial charge in [0.25, 0.3) is 0 Å². The molecule has 25 heavy (non-hydrogen) atoms. The zero-order chi connectivity index (χ0) is 17.9. The van der Waals surface area contributed by atoms with Gasteiger partial charge in [0.1, 0.15) is 5.83 Å². The Kier molecular flexibility index (Phi) is 6.33. The third-order valence-electron chi connectivity index (χ3n) is 7.12. The number of rotatable bonds is 5. The molecule has 2 fully saturated rings. The number of hydrogen-bond acceptors (Lipinski definition) is 0. The lowest BCUT2D eigenvalue weighted by Gasteiger charge is -2.41. The molecule has 3 rings (SSSR count). The van der Waals surface area contributed by atoms with E-state index in [-0.39, 0.29) is 6.42 Å². The second-order valence-corrected chi connectivity index (χ2v) is 8.63. The van der Waals surface area contributed by atoms with Gasteiger partial charge in [-0.3, -0.25) is 0 Å². The Hall–Kier alpha value is -0.730. The first-order valence-corrected chi connectivity index (χ1v) is 10.5. The van der Waals surface area contributed by atoms with E-state index in [4.69, 9.17) is 0 Å². The lowest BCUT2D eigenvalue weighted by molar-refractivity contribution is 0.0699. The smallest absolute Gasteiger partial charge is 0.185 e. The highest BCUT2D eigenvalue weighted by Crippen LogP contribution is 2.49. The average Bonchev–Trinajstić information content (AvgIpc) is 2.65. The fourth-order valence-corrected chi connectivity index (χ4v) is 5.47. The van der Waals surface area contributed by atoms with E-state index in [0.29, 0.717) is 18.8 Å². The van der Waals surface area contributed by atoms with E-state index in [9.17, 15) is 8.78 Å². The topological polar surface area (TPSA) is 0 Å². The van der Waals surface area contributed by atoms with Gasteiger partial charge >= 0.3 is 0 Å². The van der Waals surface area contributed by atoms with Crippen molar-refractivity contribution in [2.45, 2.75) is 89.6 Å². The monoisotopic (exact) mass is 354 g/mol. The molecule has 0 bridgehead atoms. The summed E-state index contributed by atoms with van der Waals surface area (Å²) in [6, 6.07) is 0. The fraction of sp³-hybridized carbons (Fsp3) is 0.818. The molecule has 0 spiro atoms. The molecule has 0 nitrogen and oxygen atoms in total. The summed E-state index contributed by atoms with van der Waals surface area (Å²) < 4.78 is 42.7. The molecule has 0 aliphatic heterocycles. The van der Waals surface area contributed by atoms with E-state index in [1.165, 1.54) is 57.1 Å². The maximum absolute atomic E-state index is 15.1. The molecule has 0 aromatic heterocycles. The first-order valence-electron chi connectivity index (χ1n) is 10.5. The Morgan fingerprint density at radius 2 is 1.56 bits per heavy atom. The molecule has 1 unspecified atom stereocenters. The Morgan fingerprint density at radius 1 is 0.960 bits per heavy atom. The van der Waals surface area contributed by atoms with Gasteiger partial charge in [-0.05, 0) is 62.4 Å². The van der Waals surface area contributed by atoms with Crippen LogP contribution in [-0.2, 0) is 0 Å². The molecule has 142 valence electrons. The molecule has 0 N–H and O–H groups in total. The van der Waals surface area contributed by atoms with Gasteiger partial charge in [0.05, 0.1) is 0 Å². The van der Waals surface area contributed by atoms with Gasteiger partial charge in [-0.2, -0.15) is 0 Å². The van der Waals surface area contributed by atoms with Gasteiger partial charge in [-0.1, -0.05) is 45.1 Å². The van der Waals surface area contributed by atoms with E-state index < -0.39 is 23.2 Å². The molecule has 0 saturated heterocycles. The second kappa shape index (κ2) is 8.31. The van der Waals surface area contributed by atoms with Crippen molar-refractivity contribution in [3.63, 3.8) is 0 Å². The second-order valence-electron chi connectivity index (χ2n) is 8.63. The van der Waals surface area contributed by atoms with Crippen molar-refractivity contribution >= 4 is 0 Å².